The number of carboxylic acid groups (broad SMARTS) is 1. The maximum absolute atomic E-state index is 9.99. The Bertz CT molecular complexity index is 120. The summed E-state index contributed by atoms with van der Waals surface area (Å²) in [5.41, 5.74) is 3.72. The number of rotatable bonds is 3. The number of hydrogen-bond donors (Lipinski definition) is 1. The van der Waals surface area contributed by atoms with Crippen molar-refractivity contribution in [3.63, 3.8) is 0 Å². The monoisotopic (exact) mass is 129 g/mol. The number of aliphatic carboxylic acids is 1. The molecule has 1 fully saturated rings. The molecule has 0 heterocycles. The van der Waals surface area contributed by atoms with Gasteiger partial charge in [0.25, 0.3) is 0 Å². The Kier molecular flexibility index (Phi) is 1.71. The molecule has 1 aliphatic carbocycles. The van der Waals surface area contributed by atoms with Crippen molar-refractivity contribution >= 4 is 5.97 Å². The molecule has 1 atom stereocenters. The maximum Gasteiger partial charge on any atom is 0.0924 e. The van der Waals surface area contributed by atoms with Gasteiger partial charge in [0.1, 0.15) is 0 Å². The van der Waals surface area contributed by atoms with Crippen molar-refractivity contribution in [2.45, 2.75) is 25.3 Å². The van der Waals surface area contributed by atoms with Crippen LogP contribution in [0.4, 0.5) is 0 Å². The Balaban J connectivity index is 2.17. The summed E-state index contributed by atoms with van der Waals surface area (Å²) in [6.07, 6.45) is 2.44. The van der Waals surface area contributed by atoms with Crippen LogP contribution in [0.25, 0.3) is 0 Å². The molecule has 1 saturated carbocycles. The molecule has 0 aromatic heterocycles. The zero-order chi connectivity index (χ0) is 6.85. The smallest absolute Gasteiger partial charge is 0.0924 e. The molecule has 0 amide bonds. The van der Waals surface area contributed by atoms with Gasteiger partial charge in [-0.05, 0) is 12.8 Å². The highest BCUT2D eigenvalue weighted by molar-refractivity contribution is 5.64. The maximum atomic E-state index is 9.99. The first-order valence-electron chi connectivity index (χ1n) is 3.23. The lowest BCUT2D eigenvalue weighted by Crippen LogP contribution is -2.63. The minimum absolute atomic E-state index is 0.0926. The largest absolute Gasteiger partial charge is 0.550 e. The first-order chi connectivity index (χ1) is 4.20. The third-order valence-electron chi connectivity index (χ3n) is 1.72. The van der Waals surface area contributed by atoms with Gasteiger partial charge >= 0.3 is 0 Å². The predicted octanol–water partition coefficient (Wildman–Crippen LogP) is -1.85. The van der Waals surface area contributed by atoms with Crippen LogP contribution < -0.4 is 10.8 Å². The first kappa shape index (κ1) is 6.55. The minimum Gasteiger partial charge on any atom is -0.550 e. The summed E-state index contributed by atoms with van der Waals surface area (Å²) in [7, 11) is 0. The van der Waals surface area contributed by atoms with Crippen molar-refractivity contribution in [3.8, 4) is 0 Å². The van der Waals surface area contributed by atoms with Gasteiger partial charge < -0.3 is 15.6 Å². The fourth-order valence-corrected chi connectivity index (χ4v) is 0.948. The van der Waals surface area contributed by atoms with E-state index in [4.69, 9.17) is 0 Å². The Morgan fingerprint density at radius 3 is 2.67 bits per heavy atom. The van der Waals surface area contributed by atoms with E-state index < -0.39 is 5.97 Å². The second kappa shape index (κ2) is 2.35. The number of hydrogen-bond acceptors (Lipinski definition) is 2. The van der Waals surface area contributed by atoms with Gasteiger partial charge in [-0.3, -0.25) is 0 Å². The molecule has 0 aromatic carbocycles. The van der Waals surface area contributed by atoms with E-state index in [0.717, 1.165) is 12.8 Å². The summed E-state index contributed by atoms with van der Waals surface area (Å²) in [5, 5.41) is 9.99. The molecule has 52 valence electrons. The number of carboxylic acids is 1. The van der Waals surface area contributed by atoms with Crippen LogP contribution in [0.2, 0.25) is 0 Å². The highest BCUT2D eigenvalue weighted by Crippen LogP contribution is 2.31. The molecule has 3 heteroatoms. The normalized spacial score (nSPS) is 21.4. The van der Waals surface area contributed by atoms with Gasteiger partial charge in [-0.2, -0.15) is 0 Å². The van der Waals surface area contributed by atoms with Gasteiger partial charge in [0.15, 0.2) is 0 Å². The van der Waals surface area contributed by atoms with Gasteiger partial charge in [0.05, 0.1) is 6.04 Å². The fourth-order valence-electron chi connectivity index (χ4n) is 0.948. The lowest BCUT2D eigenvalue weighted by Gasteiger charge is -2.05. The predicted molar refractivity (Wildman–Crippen MR) is 29.0 cm³/mol. The first-order valence-corrected chi connectivity index (χ1v) is 3.23. The Morgan fingerprint density at radius 2 is 2.33 bits per heavy atom. The average Bonchev–Trinajstić information content (AvgIpc) is 2.40. The molecule has 3 nitrogen and oxygen atoms in total. The Morgan fingerprint density at radius 1 is 1.78 bits per heavy atom. The van der Waals surface area contributed by atoms with E-state index in [1.54, 1.807) is 0 Å². The molecule has 0 spiro atoms. The van der Waals surface area contributed by atoms with E-state index in [-0.39, 0.29) is 12.5 Å². The van der Waals surface area contributed by atoms with E-state index in [1.807, 2.05) is 0 Å². The molecule has 0 radical (unpaired) electrons. The summed E-state index contributed by atoms with van der Waals surface area (Å²) >= 11 is 0. The lowest BCUT2D eigenvalue weighted by molar-refractivity contribution is -0.429. The summed E-state index contributed by atoms with van der Waals surface area (Å²) in [6, 6.07) is 0.0926. The van der Waals surface area contributed by atoms with Crippen molar-refractivity contribution in [2.75, 3.05) is 0 Å². The van der Waals surface area contributed by atoms with Crippen molar-refractivity contribution in [1.29, 1.82) is 0 Å². The van der Waals surface area contributed by atoms with E-state index in [9.17, 15) is 9.90 Å². The third kappa shape index (κ3) is 2.01. The zero-order valence-corrected chi connectivity index (χ0v) is 5.30. The van der Waals surface area contributed by atoms with E-state index in [0.29, 0.717) is 5.92 Å². The fraction of sp³-hybridized carbons (Fsp3) is 0.833. The Hall–Kier alpha value is -0.570. The zero-order valence-electron chi connectivity index (χ0n) is 5.30. The molecule has 0 aromatic rings. The van der Waals surface area contributed by atoms with Crippen LogP contribution >= 0.6 is 0 Å². The van der Waals surface area contributed by atoms with Crippen molar-refractivity contribution in [2.24, 2.45) is 5.92 Å². The van der Waals surface area contributed by atoms with Crippen molar-refractivity contribution in [1.82, 2.24) is 0 Å². The minimum atomic E-state index is -0.970. The van der Waals surface area contributed by atoms with Crippen LogP contribution in [-0.4, -0.2) is 12.0 Å². The van der Waals surface area contributed by atoms with Crippen LogP contribution in [-0.2, 0) is 4.79 Å². The van der Waals surface area contributed by atoms with Gasteiger partial charge in [-0.15, -0.1) is 0 Å². The Labute approximate surface area is 53.9 Å². The van der Waals surface area contributed by atoms with E-state index in [2.05, 4.69) is 5.73 Å². The summed E-state index contributed by atoms with van der Waals surface area (Å²) in [5.74, 6) is -0.398. The van der Waals surface area contributed by atoms with Crippen LogP contribution in [0, 0.1) is 5.92 Å². The molecular formula is C6H11NO2. The molecule has 1 aliphatic rings. The van der Waals surface area contributed by atoms with Crippen molar-refractivity contribution < 1.29 is 15.6 Å². The van der Waals surface area contributed by atoms with E-state index >= 15 is 0 Å². The summed E-state index contributed by atoms with van der Waals surface area (Å²) < 4.78 is 0. The summed E-state index contributed by atoms with van der Waals surface area (Å²) in [6.45, 7) is 0. The van der Waals surface area contributed by atoms with Crippen LogP contribution in [0.3, 0.4) is 0 Å². The van der Waals surface area contributed by atoms with Gasteiger partial charge in [-0.25, -0.2) is 0 Å². The lowest BCUT2D eigenvalue weighted by atomic mass is 10.1. The topological polar surface area (TPSA) is 67.8 Å². The van der Waals surface area contributed by atoms with Crippen molar-refractivity contribution in [3.05, 3.63) is 0 Å². The second-order valence-corrected chi connectivity index (χ2v) is 2.67. The van der Waals surface area contributed by atoms with Crippen LogP contribution in [0.15, 0.2) is 0 Å². The van der Waals surface area contributed by atoms with Gasteiger partial charge in [-0.1, -0.05) is 0 Å². The quantitative estimate of drug-likeness (QED) is 0.486. The number of quaternary nitrogens is 1. The third-order valence-corrected chi connectivity index (χ3v) is 1.72. The highest BCUT2D eigenvalue weighted by atomic mass is 16.4. The molecule has 0 bridgehead atoms. The second-order valence-electron chi connectivity index (χ2n) is 2.67. The molecule has 0 aliphatic heterocycles. The summed E-state index contributed by atoms with van der Waals surface area (Å²) in [4.78, 5) is 9.99. The van der Waals surface area contributed by atoms with Crippen LogP contribution in [0.1, 0.15) is 19.3 Å². The molecule has 9 heavy (non-hydrogen) atoms. The van der Waals surface area contributed by atoms with Crippen LogP contribution in [0.5, 0.6) is 0 Å². The average molecular weight is 129 g/mol. The van der Waals surface area contributed by atoms with Gasteiger partial charge in [0, 0.05) is 18.3 Å². The highest BCUT2D eigenvalue weighted by Gasteiger charge is 2.31. The number of carbonyl (C=O) groups is 1. The standard InChI is InChI=1S/C6H11NO2/c7-5(3-6(8)9)4-1-2-4/h4-5H,1-3,7H2,(H,8,9)/t5-/m0/s1. The molecule has 0 unspecified atom stereocenters. The molecule has 1 rings (SSSR count). The SMILES string of the molecule is [NH3+][C@@H](CC(=O)[O-])C1CC1. The number of carbonyl (C=O) groups excluding carboxylic acids is 1. The van der Waals surface area contributed by atoms with Gasteiger partial charge in [0.2, 0.25) is 0 Å². The van der Waals surface area contributed by atoms with E-state index in [1.165, 1.54) is 0 Å². The molecular weight excluding hydrogens is 118 g/mol. The molecule has 0 saturated heterocycles. The molecule has 3 N–H and O–H groups in total.